The second kappa shape index (κ2) is 10.4. The van der Waals surface area contributed by atoms with Gasteiger partial charge in [0, 0.05) is 25.7 Å². The van der Waals surface area contributed by atoms with Crippen LogP contribution < -0.4 is 5.73 Å². The van der Waals surface area contributed by atoms with Crippen LogP contribution in [0.25, 0.3) is 0 Å². The molecule has 2 aliphatic rings. The third-order valence-corrected chi connectivity index (χ3v) is 6.21. The average molecular weight is 436 g/mol. The summed E-state index contributed by atoms with van der Waals surface area (Å²) in [6.45, 7) is 4.32. The first-order valence-corrected chi connectivity index (χ1v) is 10.0. The van der Waals surface area contributed by atoms with E-state index in [1.807, 2.05) is 11.0 Å². The Balaban J connectivity index is 0.00000150. The van der Waals surface area contributed by atoms with Crippen molar-refractivity contribution < 1.29 is 4.79 Å². The number of rotatable bonds is 4. The van der Waals surface area contributed by atoms with E-state index in [1.54, 1.807) is 0 Å². The fraction of sp³-hybridized carbons (Fsp3) is 0.435. The zero-order chi connectivity index (χ0) is 18.7. The standard InChI is InChI=1S/C23H29N3O.2ClH/c24-21-11-14-26(18-21)22(27)23(20-9-5-2-6-10-20)12-15-25(16-13-23)17-19-7-3-1-4-8-19;;/h1-10,21H,11-18,24H2;2*1H/t21-;;/m0../s1. The van der Waals surface area contributed by atoms with E-state index in [4.69, 9.17) is 5.73 Å². The molecule has 158 valence electrons. The number of nitrogens with two attached hydrogens (primary N) is 1. The Morgan fingerprint density at radius 2 is 1.52 bits per heavy atom. The number of amides is 1. The maximum atomic E-state index is 13.6. The van der Waals surface area contributed by atoms with Crippen LogP contribution in [0.3, 0.4) is 0 Å². The SMILES string of the molecule is Cl.Cl.N[C@H]1CCN(C(=O)C2(c3ccccc3)CCN(Cc3ccccc3)CC2)C1. The van der Waals surface area contributed by atoms with Crippen molar-refractivity contribution in [1.82, 2.24) is 9.80 Å². The van der Waals surface area contributed by atoms with Crippen molar-refractivity contribution in [1.29, 1.82) is 0 Å². The zero-order valence-corrected chi connectivity index (χ0v) is 18.3. The number of likely N-dealkylation sites (tertiary alicyclic amines) is 2. The van der Waals surface area contributed by atoms with Crippen LogP contribution in [0.15, 0.2) is 60.7 Å². The third kappa shape index (κ3) is 5.13. The van der Waals surface area contributed by atoms with Crippen LogP contribution in [0.1, 0.15) is 30.4 Å². The first-order chi connectivity index (χ1) is 13.2. The predicted octanol–water partition coefficient (Wildman–Crippen LogP) is 3.62. The fourth-order valence-corrected chi connectivity index (χ4v) is 4.59. The zero-order valence-electron chi connectivity index (χ0n) is 16.7. The van der Waals surface area contributed by atoms with Crippen molar-refractivity contribution in [3.8, 4) is 0 Å². The second-order valence-electron chi connectivity index (χ2n) is 8.01. The summed E-state index contributed by atoms with van der Waals surface area (Å²) in [6.07, 6.45) is 2.65. The maximum absolute atomic E-state index is 13.6. The number of hydrogen-bond donors (Lipinski definition) is 1. The Hall–Kier alpha value is -1.59. The van der Waals surface area contributed by atoms with E-state index in [0.29, 0.717) is 6.54 Å². The monoisotopic (exact) mass is 435 g/mol. The Labute approximate surface area is 186 Å². The molecule has 0 unspecified atom stereocenters. The number of piperidine rings is 1. The van der Waals surface area contributed by atoms with Gasteiger partial charge in [-0.1, -0.05) is 60.7 Å². The highest BCUT2D eigenvalue weighted by molar-refractivity contribution is 5.89. The molecular formula is C23H31Cl2N3O. The summed E-state index contributed by atoms with van der Waals surface area (Å²) in [4.78, 5) is 18.1. The Morgan fingerprint density at radius 3 is 2.07 bits per heavy atom. The van der Waals surface area contributed by atoms with Gasteiger partial charge in [-0.05, 0) is 43.5 Å². The first-order valence-electron chi connectivity index (χ1n) is 10.0. The van der Waals surface area contributed by atoms with Crippen molar-refractivity contribution in [2.24, 2.45) is 5.73 Å². The van der Waals surface area contributed by atoms with Gasteiger partial charge < -0.3 is 10.6 Å². The van der Waals surface area contributed by atoms with Gasteiger partial charge in [-0.2, -0.15) is 0 Å². The number of benzene rings is 2. The van der Waals surface area contributed by atoms with Gasteiger partial charge in [0.25, 0.3) is 0 Å². The average Bonchev–Trinajstić information content (AvgIpc) is 3.16. The largest absolute Gasteiger partial charge is 0.340 e. The molecule has 2 fully saturated rings. The molecule has 0 spiro atoms. The highest BCUT2D eigenvalue weighted by Crippen LogP contribution is 2.38. The van der Waals surface area contributed by atoms with E-state index < -0.39 is 5.41 Å². The van der Waals surface area contributed by atoms with E-state index in [1.165, 1.54) is 5.56 Å². The molecule has 2 aliphatic heterocycles. The van der Waals surface area contributed by atoms with Gasteiger partial charge in [-0.3, -0.25) is 9.69 Å². The van der Waals surface area contributed by atoms with Gasteiger partial charge in [-0.15, -0.1) is 24.8 Å². The van der Waals surface area contributed by atoms with Crippen LogP contribution in [-0.2, 0) is 16.8 Å². The topological polar surface area (TPSA) is 49.6 Å². The molecule has 0 bridgehead atoms. The lowest BCUT2D eigenvalue weighted by Crippen LogP contribution is -2.52. The highest BCUT2D eigenvalue weighted by atomic mass is 35.5. The maximum Gasteiger partial charge on any atom is 0.233 e. The van der Waals surface area contributed by atoms with Gasteiger partial charge in [0.1, 0.15) is 0 Å². The predicted molar refractivity (Wildman–Crippen MR) is 123 cm³/mol. The highest BCUT2D eigenvalue weighted by Gasteiger charge is 2.45. The minimum absolute atomic E-state index is 0. The van der Waals surface area contributed by atoms with Gasteiger partial charge in [-0.25, -0.2) is 0 Å². The molecule has 2 aromatic rings. The normalized spacial score (nSPS) is 21.1. The van der Waals surface area contributed by atoms with Gasteiger partial charge in [0.2, 0.25) is 5.91 Å². The van der Waals surface area contributed by atoms with Gasteiger partial charge in [0.15, 0.2) is 0 Å². The van der Waals surface area contributed by atoms with Crippen LogP contribution in [0.4, 0.5) is 0 Å². The third-order valence-electron chi connectivity index (χ3n) is 6.21. The van der Waals surface area contributed by atoms with Crippen LogP contribution in [0.5, 0.6) is 0 Å². The van der Waals surface area contributed by atoms with Crippen LogP contribution in [0, 0.1) is 0 Å². The second-order valence-corrected chi connectivity index (χ2v) is 8.01. The molecule has 2 N–H and O–H groups in total. The summed E-state index contributed by atoms with van der Waals surface area (Å²) in [5, 5.41) is 0. The lowest BCUT2D eigenvalue weighted by molar-refractivity contribution is -0.138. The lowest BCUT2D eigenvalue weighted by atomic mass is 9.71. The Morgan fingerprint density at radius 1 is 0.931 bits per heavy atom. The van der Waals surface area contributed by atoms with Gasteiger partial charge in [0.05, 0.1) is 5.41 Å². The summed E-state index contributed by atoms with van der Waals surface area (Å²) in [7, 11) is 0. The number of nitrogens with zero attached hydrogens (tertiary/aromatic N) is 2. The lowest BCUT2D eigenvalue weighted by Gasteiger charge is -2.43. The molecule has 2 saturated heterocycles. The quantitative estimate of drug-likeness (QED) is 0.797. The number of halogens is 2. The smallest absolute Gasteiger partial charge is 0.233 e. The van der Waals surface area contributed by atoms with Crippen LogP contribution in [0.2, 0.25) is 0 Å². The minimum atomic E-state index is -0.404. The van der Waals surface area contributed by atoms with E-state index in [2.05, 4.69) is 59.5 Å². The molecule has 4 rings (SSSR count). The molecule has 2 heterocycles. The van der Waals surface area contributed by atoms with Crippen molar-refractivity contribution in [2.75, 3.05) is 26.2 Å². The van der Waals surface area contributed by atoms with E-state index in [9.17, 15) is 4.79 Å². The number of carbonyl (C=O) groups excluding carboxylic acids is 1. The fourth-order valence-electron chi connectivity index (χ4n) is 4.59. The number of carbonyl (C=O) groups is 1. The Kier molecular flexibility index (Phi) is 8.53. The summed E-state index contributed by atoms with van der Waals surface area (Å²) in [5.41, 5.74) is 8.17. The molecule has 29 heavy (non-hydrogen) atoms. The minimum Gasteiger partial charge on any atom is -0.340 e. The van der Waals surface area contributed by atoms with Crippen molar-refractivity contribution >= 4 is 30.7 Å². The van der Waals surface area contributed by atoms with E-state index >= 15 is 0 Å². The molecule has 0 saturated carbocycles. The van der Waals surface area contributed by atoms with Crippen molar-refractivity contribution in [2.45, 2.75) is 37.3 Å². The molecule has 2 aromatic carbocycles. The molecule has 1 atom stereocenters. The molecular weight excluding hydrogens is 405 g/mol. The Bertz CT molecular complexity index is 764. The van der Waals surface area contributed by atoms with Crippen molar-refractivity contribution in [3.63, 3.8) is 0 Å². The molecule has 0 radical (unpaired) electrons. The van der Waals surface area contributed by atoms with E-state index in [-0.39, 0.29) is 36.8 Å². The van der Waals surface area contributed by atoms with Crippen LogP contribution >= 0.6 is 24.8 Å². The molecule has 6 heteroatoms. The van der Waals surface area contributed by atoms with Crippen molar-refractivity contribution in [3.05, 3.63) is 71.8 Å². The molecule has 1 amide bonds. The summed E-state index contributed by atoms with van der Waals surface area (Å²) < 4.78 is 0. The molecule has 0 aromatic heterocycles. The summed E-state index contributed by atoms with van der Waals surface area (Å²) >= 11 is 0. The van der Waals surface area contributed by atoms with E-state index in [0.717, 1.165) is 51.0 Å². The summed E-state index contributed by atoms with van der Waals surface area (Å²) in [6, 6.07) is 21.1. The molecule has 4 nitrogen and oxygen atoms in total. The van der Waals surface area contributed by atoms with Gasteiger partial charge >= 0.3 is 0 Å². The molecule has 0 aliphatic carbocycles. The van der Waals surface area contributed by atoms with Crippen LogP contribution in [-0.4, -0.2) is 47.9 Å². The number of hydrogen-bond acceptors (Lipinski definition) is 3. The first kappa shape index (κ1) is 23.7. The summed E-state index contributed by atoms with van der Waals surface area (Å²) in [5.74, 6) is 0.279.